The topological polar surface area (TPSA) is 84.0 Å². The van der Waals surface area contributed by atoms with Gasteiger partial charge in [0.15, 0.2) is 17.5 Å². The highest BCUT2D eigenvalue weighted by molar-refractivity contribution is 14.0. The number of rotatable bonds is 11. The SMILES string of the molecule is CCNC(=O)CN=C(NCC)NCCCc1ccc(OC)c(OCC)c1.I. The highest BCUT2D eigenvalue weighted by Crippen LogP contribution is 2.28. The van der Waals surface area contributed by atoms with Crippen LogP contribution in [0.4, 0.5) is 0 Å². The van der Waals surface area contributed by atoms with Gasteiger partial charge < -0.3 is 25.4 Å². The first-order valence-electron chi connectivity index (χ1n) is 9.23. The van der Waals surface area contributed by atoms with E-state index >= 15 is 0 Å². The molecule has 0 atom stereocenters. The molecule has 8 heteroatoms. The van der Waals surface area contributed by atoms with Crippen molar-refractivity contribution in [1.82, 2.24) is 16.0 Å². The third-order valence-corrected chi connectivity index (χ3v) is 3.56. The molecule has 0 heterocycles. The Hall–Kier alpha value is -1.71. The predicted octanol–water partition coefficient (Wildman–Crippen LogP) is 2.34. The van der Waals surface area contributed by atoms with Crippen LogP contribution in [0.25, 0.3) is 0 Å². The molecule has 0 spiro atoms. The van der Waals surface area contributed by atoms with Crippen molar-refractivity contribution in [1.29, 1.82) is 0 Å². The summed E-state index contributed by atoms with van der Waals surface area (Å²) < 4.78 is 10.9. The van der Waals surface area contributed by atoms with Crippen LogP contribution in [0.2, 0.25) is 0 Å². The fourth-order valence-corrected chi connectivity index (χ4v) is 2.39. The number of amides is 1. The van der Waals surface area contributed by atoms with Crippen LogP contribution in [0, 0.1) is 0 Å². The zero-order chi connectivity index (χ0) is 19.2. The lowest BCUT2D eigenvalue weighted by atomic mass is 10.1. The number of hydrogen-bond acceptors (Lipinski definition) is 4. The van der Waals surface area contributed by atoms with Crippen molar-refractivity contribution >= 4 is 35.8 Å². The average molecular weight is 492 g/mol. The molecule has 27 heavy (non-hydrogen) atoms. The molecule has 0 aromatic heterocycles. The van der Waals surface area contributed by atoms with Crippen LogP contribution in [0.15, 0.2) is 23.2 Å². The van der Waals surface area contributed by atoms with Crippen molar-refractivity contribution in [2.75, 3.05) is 39.9 Å². The molecule has 1 amide bonds. The van der Waals surface area contributed by atoms with E-state index in [0.717, 1.165) is 37.4 Å². The Morgan fingerprint density at radius 3 is 2.44 bits per heavy atom. The number of carbonyl (C=O) groups excluding carboxylic acids is 1. The van der Waals surface area contributed by atoms with E-state index in [4.69, 9.17) is 9.47 Å². The van der Waals surface area contributed by atoms with Gasteiger partial charge in [-0.15, -0.1) is 24.0 Å². The number of ether oxygens (including phenoxy) is 2. The highest BCUT2D eigenvalue weighted by atomic mass is 127. The standard InChI is InChI=1S/C19H32N4O3.HI/c1-5-20-18(24)14-23-19(21-6-2)22-12-8-9-15-10-11-16(25-4)17(13-15)26-7-3;/h10-11,13H,5-9,12,14H2,1-4H3,(H,20,24)(H2,21,22,23);1H. The summed E-state index contributed by atoms with van der Waals surface area (Å²) in [5.74, 6) is 2.10. The van der Waals surface area contributed by atoms with Crippen molar-refractivity contribution in [2.24, 2.45) is 4.99 Å². The summed E-state index contributed by atoms with van der Waals surface area (Å²) in [4.78, 5) is 15.8. The van der Waals surface area contributed by atoms with Crippen molar-refractivity contribution in [2.45, 2.75) is 33.6 Å². The van der Waals surface area contributed by atoms with Gasteiger partial charge in [0.25, 0.3) is 0 Å². The summed E-state index contributed by atoms with van der Waals surface area (Å²) in [5.41, 5.74) is 1.19. The lowest BCUT2D eigenvalue weighted by Gasteiger charge is -2.13. The lowest BCUT2D eigenvalue weighted by molar-refractivity contribution is -0.119. The molecule has 7 nitrogen and oxygen atoms in total. The van der Waals surface area contributed by atoms with Gasteiger partial charge in [0.05, 0.1) is 13.7 Å². The largest absolute Gasteiger partial charge is 0.493 e. The van der Waals surface area contributed by atoms with E-state index in [1.165, 1.54) is 5.56 Å². The van der Waals surface area contributed by atoms with Crippen molar-refractivity contribution in [3.8, 4) is 11.5 Å². The molecule has 154 valence electrons. The fraction of sp³-hybridized carbons (Fsp3) is 0.579. The first-order valence-corrected chi connectivity index (χ1v) is 9.23. The molecule has 3 N–H and O–H groups in total. The Bertz CT molecular complexity index is 582. The summed E-state index contributed by atoms with van der Waals surface area (Å²) in [6.45, 7) is 8.70. The maximum Gasteiger partial charge on any atom is 0.241 e. The molecule has 0 aliphatic heterocycles. The minimum absolute atomic E-state index is 0. The van der Waals surface area contributed by atoms with Crippen molar-refractivity contribution < 1.29 is 14.3 Å². The van der Waals surface area contributed by atoms with E-state index in [0.29, 0.717) is 19.1 Å². The molecule has 0 fully saturated rings. The van der Waals surface area contributed by atoms with Gasteiger partial charge in [-0.25, -0.2) is 4.99 Å². The maximum absolute atomic E-state index is 11.5. The second kappa shape index (κ2) is 15.4. The van der Waals surface area contributed by atoms with Gasteiger partial charge in [-0.1, -0.05) is 6.07 Å². The number of carbonyl (C=O) groups is 1. The zero-order valence-corrected chi connectivity index (χ0v) is 19.1. The Balaban J connectivity index is 0.00000676. The third-order valence-electron chi connectivity index (χ3n) is 3.56. The van der Waals surface area contributed by atoms with Crippen LogP contribution < -0.4 is 25.4 Å². The van der Waals surface area contributed by atoms with E-state index in [1.807, 2.05) is 32.9 Å². The van der Waals surface area contributed by atoms with Gasteiger partial charge in [0, 0.05) is 19.6 Å². The first-order chi connectivity index (χ1) is 12.6. The van der Waals surface area contributed by atoms with Gasteiger partial charge >= 0.3 is 0 Å². The molecule has 1 aromatic rings. The van der Waals surface area contributed by atoms with Crippen LogP contribution >= 0.6 is 24.0 Å². The minimum Gasteiger partial charge on any atom is -0.493 e. The van der Waals surface area contributed by atoms with E-state index < -0.39 is 0 Å². The molecule has 1 aromatic carbocycles. The van der Waals surface area contributed by atoms with Gasteiger partial charge in [-0.2, -0.15) is 0 Å². The Morgan fingerprint density at radius 1 is 1.07 bits per heavy atom. The average Bonchev–Trinajstić information content (AvgIpc) is 2.64. The number of nitrogens with one attached hydrogen (secondary N) is 3. The number of halogens is 1. The smallest absolute Gasteiger partial charge is 0.241 e. The molecular formula is C19H33IN4O3. The second-order valence-corrected chi connectivity index (χ2v) is 5.60. The molecule has 0 radical (unpaired) electrons. The summed E-state index contributed by atoms with van der Waals surface area (Å²) >= 11 is 0. The number of benzene rings is 1. The van der Waals surface area contributed by atoms with Gasteiger partial charge in [-0.3, -0.25) is 4.79 Å². The van der Waals surface area contributed by atoms with Crippen LogP contribution in [0.1, 0.15) is 32.8 Å². The molecular weight excluding hydrogens is 459 g/mol. The predicted molar refractivity (Wildman–Crippen MR) is 121 cm³/mol. The molecule has 0 aliphatic rings. The van der Waals surface area contributed by atoms with Gasteiger partial charge in [-0.05, 0) is 51.3 Å². The summed E-state index contributed by atoms with van der Waals surface area (Å²) in [5, 5.41) is 9.13. The first kappa shape index (κ1) is 25.3. The van der Waals surface area contributed by atoms with Gasteiger partial charge in [0.1, 0.15) is 6.54 Å². The van der Waals surface area contributed by atoms with Crippen LogP contribution in [-0.4, -0.2) is 51.8 Å². The van der Waals surface area contributed by atoms with E-state index in [-0.39, 0.29) is 36.4 Å². The second-order valence-electron chi connectivity index (χ2n) is 5.60. The quantitative estimate of drug-likeness (QED) is 0.191. The summed E-state index contributed by atoms with van der Waals surface area (Å²) in [6, 6.07) is 6.01. The van der Waals surface area contributed by atoms with E-state index in [9.17, 15) is 4.79 Å². The number of methoxy groups -OCH3 is 1. The lowest BCUT2D eigenvalue weighted by Crippen LogP contribution is -2.39. The molecule has 0 unspecified atom stereocenters. The number of hydrogen-bond donors (Lipinski definition) is 3. The normalized spacial score (nSPS) is 10.6. The molecule has 0 saturated carbocycles. The van der Waals surface area contributed by atoms with Crippen LogP contribution in [0.3, 0.4) is 0 Å². The minimum atomic E-state index is -0.0774. The number of aryl methyl sites for hydroxylation is 1. The maximum atomic E-state index is 11.5. The number of aliphatic imine (C=N–C) groups is 1. The zero-order valence-electron chi connectivity index (χ0n) is 16.8. The summed E-state index contributed by atoms with van der Waals surface area (Å²) in [7, 11) is 1.64. The monoisotopic (exact) mass is 492 g/mol. The number of guanidine groups is 1. The Labute approximate surface area is 179 Å². The molecule has 0 bridgehead atoms. The Morgan fingerprint density at radius 2 is 1.81 bits per heavy atom. The third kappa shape index (κ3) is 10.3. The van der Waals surface area contributed by atoms with Crippen LogP contribution in [-0.2, 0) is 11.2 Å². The molecule has 0 saturated heterocycles. The number of nitrogens with zero attached hydrogens (tertiary/aromatic N) is 1. The van der Waals surface area contributed by atoms with Crippen molar-refractivity contribution in [3.05, 3.63) is 23.8 Å². The van der Waals surface area contributed by atoms with Gasteiger partial charge in [0.2, 0.25) is 5.91 Å². The molecule has 1 rings (SSSR count). The van der Waals surface area contributed by atoms with E-state index in [2.05, 4.69) is 27.0 Å². The van der Waals surface area contributed by atoms with E-state index in [1.54, 1.807) is 7.11 Å². The fourth-order valence-electron chi connectivity index (χ4n) is 2.39. The summed E-state index contributed by atoms with van der Waals surface area (Å²) in [6.07, 6.45) is 1.84. The molecule has 0 aliphatic carbocycles. The highest BCUT2D eigenvalue weighted by Gasteiger charge is 2.06. The number of likely N-dealkylation sites (N-methyl/N-ethyl adjacent to an activating group) is 1. The van der Waals surface area contributed by atoms with Crippen molar-refractivity contribution in [3.63, 3.8) is 0 Å². The van der Waals surface area contributed by atoms with Crippen LogP contribution in [0.5, 0.6) is 11.5 Å². The Kier molecular flexibility index (Phi) is 14.4.